The number of aromatic nitrogens is 3. The number of urea groups is 1. The molecule has 2 amide bonds. The molecule has 1 aliphatic rings. The van der Waals surface area contributed by atoms with E-state index < -0.39 is 5.54 Å². The number of carbonyl (C=O) groups excluding carboxylic acids is 1. The third-order valence-electron chi connectivity index (χ3n) is 10.4. The summed E-state index contributed by atoms with van der Waals surface area (Å²) in [5.74, 6) is 0. The summed E-state index contributed by atoms with van der Waals surface area (Å²) in [5.41, 5.74) is 9.32. The lowest BCUT2D eigenvalue weighted by Crippen LogP contribution is -2.42. The number of carbonyl (C=O) groups is 1. The van der Waals surface area contributed by atoms with Crippen molar-refractivity contribution in [1.29, 1.82) is 0 Å². The van der Waals surface area contributed by atoms with Crippen LogP contribution in [0.25, 0.3) is 11.3 Å². The molecule has 6 nitrogen and oxygen atoms in total. The molecule has 4 aromatic carbocycles. The van der Waals surface area contributed by atoms with Gasteiger partial charge >= 0.3 is 6.03 Å². The fourth-order valence-electron chi connectivity index (χ4n) is 7.95. The minimum atomic E-state index is -0.685. The van der Waals surface area contributed by atoms with Gasteiger partial charge in [0.05, 0.1) is 17.1 Å². The van der Waals surface area contributed by atoms with Gasteiger partial charge in [-0.05, 0) is 79.6 Å². The number of hydrogen-bond donors (Lipinski definition) is 1. The lowest BCUT2D eigenvalue weighted by molar-refractivity contribution is 0.175. The number of hydrogen-bond acceptors (Lipinski definition) is 3. The molecule has 1 aliphatic carbocycles. The van der Waals surface area contributed by atoms with E-state index in [2.05, 4.69) is 147 Å². The number of nitrogens with zero attached hydrogens (tertiary/aromatic N) is 4. The average molecular weight is 674 g/mol. The normalized spacial score (nSPS) is 13.8. The van der Waals surface area contributed by atoms with Gasteiger partial charge in [-0.15, -0.1) is 0 Å². The summed E-state index contributed by atoms with van der Waals surface area (Å²) in [6, 6.07) is 44.6. The molecule has 0 saturated heterocycles. The Morgan fingerprint density at radius 2 is 1.33 bits per heavy atom. The average Bonchev–Trinajstić information content (AvgIpc) is 3.49. The van der Waals surface area contributed by atoms with Crippen LogP contribution in [0.15, 0.2) is 134 Å². The van der Waals surface area contributed by atoms with E-state index in [1.165, 1.54) is 12.8 Å². The predicted molar refractivity (Wildman–Crippen MR) is 207 cm³/mol. The molecule has 0 spiro atoms. The second-order valence-electron chi connectivity index (χ2n) is 13.9. The van der Waals surface area contributed by atoms with Crippen molar-refractivity contribution in [2.24, 2.45) is 0 Å². The van der Waals surface area contributed by atoms with E-state index >= 15 is 0 Å². The van der Waals surface area contributed by atoms with Crippen molar-refractivity contribution in [1.82, 2.24) is 19.7 Å². The number of benzene rings is 4. The summed E-state index contributed by atoms with van der Waals surface area (Å²) in [7, 11) is 0. The molecule has 0 aliphatic heterocycles. The molecule has 6 heteroatoms. The summed E-state index contributed by atoms with van der Waals surface area (Å²) in [6.07, 6.45) is 8.86. The molecule has 51 heavy (non-hydrogen) atoms. The zero-order chi connectivity index (χ0) is 35.2. The first-order chi connectivity index (χ1) is 24.9. The monoisotopic (exact) mass is 673 g/mol. The first kappa shape index (κ1) is 34.0. The first-order valence-electron chi connectivity index (χ1n) is 18.3. The fraction of sp³-hybridized carbons (Fsp3) is 0.267. The number of aryl methyl sites for hydroxylation is 3. The van der Waals surface area contributed by atoms with Crippen molar-refractivity contribution < 1.29 is 4.79 Å². The molecule has 2 heterocycles. The van der Waals surface area contributed by atoms with E-state index in [-0.39, 0.29) is 12.1 Å². The summed E-state index contributed by atoms with van der Waals surface area (Å²) in [4.78, 5) is 20.9. The zero-order valence-electron chi connectivity index (χ0n) is 29.9. The maximum Gasteiger partial charge on any atom is 0.322 e. The summed E-state index contributed by atoms with van der Waals surface area (Å²) in [6.45, 7) is 6.52. The van der Waals surface area contributed by atoms with Crippen LogP contribution in [-0.2, 0) is 12.1 Å². The van der Waals surface area contributed by atoms with Crippen molar-refractivity contribution >= 4 is 11.7 Å². The Hall–Kier alpha value is -5.49. The number of pyridine rings is 1. The van der Waals surface area contributed by atoms with Crippen molar-refractivity contribution in [3.63, 3.8) is 0 Å². The van der Waals surface area contributed by atoms with Crippen molar-refractivity contribution in [2.75, 3.05) is 5.32 Å². The largest absolute Gasteiger partial charge is 0.322 e. The molecule has 1 N–H and O–H groups in total. The molecule has 0 atom stereocenters. The van der Waals surface area contributed by atoms with Gasteiger partial charge in [0.15, 0.2) is 0 Å². The Kier molecular flexibility index (Phi) is 10.1. The van der Waals surface area contributed by atoms with Crippen LogP contribution >= 0.6 is 0 Å². The Bertz CT molecular complexity index is 1940. The van der Waals surface area contributed by atoms with Crippen molar-refractivity contribution in [2.45, 2.75) is 77.4 Å². The molecule has 0 bridgehead atoms. The van der Waals surface area contributed by atoms with E-state index in [1.807, 2.05) is 26.8 Å². The van der Waals surface area contributed by atoms with Crippen molar-refractivity contribution in [3.05, 3.63) is 173 Å². The third-order valence-corrected chi connectivity index (χ3v) is 10.4. The topological polar surface area (TPSA) is 63.1 Å². The molecule has 1 saturated carbocycles. The standard InChI is InChI=1S/C45H47N5O/c1-33-30-34(2)46-35(3)43(33)47-44(51)49(41-26-15-4-5-16-27-41)32-36-18-17-19-37(31-36)42-28-29-50(48-42)45(38-20-9-6-10-21-38,39-22-11-7-12-23-39)40-24-13-8-14-25-40/h6-14,17-25,28-31,41H,4-5,15-16,26-27,32H2,1-3H3,(H,47,51). The molecule has 6 aromatic rings. The van der Waals surface area contributed by atoms with Crippen LogP contribution in [0.4, 0.5) is 10.5 Å². The van der Waals surface area contributed by atoms with Gasteiger partial charge < -0.3 is 10.2 Å². The van der Waals surface area contributed by atoms with Crippen LogP contribution in [0.1, 0.15) is 77.7 Å². The molecular weight excluding hydrogens is 627 g/mol. The fourth-order valence-corrected chi connectivity index (χ4v) is 7.95. The Balaban J connectivity index is 1.25. The van der Waals surface area contributed by atoms with Crippen LogP contribution in [0.2, 0.25) is 0 Å². The first-order valence-corrected chi connectivity index (χ1v) is 18.3. The van der Waals surface area contributed by atoms with Crippen molar-refractivity contribution in [3.8, 4) is 11.3 Å². The minimum Gasteiger partial charge on any atom is -0.317 e. The smallest absolute Gasteiger partial charge is 0.317 e. The van der Waals surface area contributed by atoms with Crippen LogP contribution in [0.5, 0.6) is 0 Å². The van der Waals surface area contributed by atoms with Gasteiger partial charge in [0.25, 0.3) is 0 Å². The number of rotatable bonds is 9. The van der Waals surface area contributed by atoms with E-state index in [0.29, 0.717) is 6.54 Å². The highest BCUT2D eigenvalue weighted by atomic mass is 16.2. The number of amides is 2. The quantitative estimate of drug-likeness (QED) is 0.123. The second-order valence-corrected chi connectivity index (χ2v) is 13.9. The highest BCUT2D eigenvalue weighted by Gasteiger charge is 2.39. The summed E-state index contributed by atoms with van der Waals surface area (Å²) >= 11 is 0. The minimum absolute atomic E-state index is 0.0631. The SMILES string of the molecule is Cc1cc(C)c(NC(=O)N(Cc2cccc(-c3ccn(C(c4ccccc4)(c4ccccc4)c4ccccc4)n3)c2)C2CCCCCC2)c(C)n1. The molecule has 0 radical (unpaired) electrons. The lowest BCUT2D eigenvalue weighted by Gasteiger charge is -2.36. The maximum absolute atomic E-state index is 14.2. The lowest BCUT2D eigenvalue weighted by atomic mass is 9.77. The summed E-state index contributed by atoms with van der Waals surface area (Å²) < 4.78 is 2.11. The molecule has 1 fully saturated rings. The Labute approximate surface area is 302 Å². The molecule has 2 aromatic heterocycles. The molecular formula is C45H47N5O. The number of anilines is 1. The van der Waals surface area contributed by atoms with Crippen LogP contribution in [-0.4, -0.2) is 31.7 Å². The van der Waals surface area contributed by atoms with E-state index in [0.717, 1.165) is 81.8 Å². The molecule has 0 unspecified atom stereocenters. The predicted octanol–water partition coefficient (Wildman–Crippen LogP) is 10.5. The van der Waals surface area contributed by atoms with Crippen LogP contribution in [0, 0.1) is 20.8 Å². The highest BCUT2D eigenvalue weighted by Crippen LogP contribution is 2.41. The Morgan fingerprint density at radius 3 is 1.90 bits per heavy atom. The van der Waals surface area contributed by atoms with E-state index in [9.17, 15) is 4.79 Å². The summed E-state index contributed by atoms with van der Waals surface area (Å²) in [5, 5.41) is 8.60. The number of nitrogens with one attached hydrogen (secondary N) is 1. The second kappa shape index (κ2) is 15.2. The van der Waals surface area contributed by atoms with E-state index in [1.54, 1.807) is 0 Å². The van der Waals surface area contributed by atoms with Gasteiger partial charge in [-0.1, -0.05) is 135 Å². The van der Waals surface area contributed by atoms with Gasteiger partial charge in [-0.2, -0.15) is 5.10 Å². The van der Waals surface area contributed by atoms with Gasteiger partial charge in [-0.25, -0.2) is 4.79 Å². The van der Waals surface area contributed by atoms with Gasteiger partial charge in [0, 0.05) is 30.0 Å². The van der Waals surface area contributed by atoms with E-state index in [4.69, 9.17) is 5.10 Å². The maximum atomic E-state index is 14.2. The van der Waals surface area contributed by atoms with Crippen LogP contribution in [0.3, 0.4) is 0 Å². The molecule has 258 valence electrons. The molecule has 7 rings (SSSR count). The van der Waals surface area contributed by atoms with Gasteiger partial charge in [0.1, 0.15) is 5.54 Å². The van der Waals surface area contributed by atoms with Gasteiger partial charge in [0.2, 0.25) is 0 Å². The third kappa shape index (κ3) is 7.09. The van der Waals surface area contributed by atoms with Crippen LogP contribution < -0.4 is 5.32 Å². The zero-order valence-corrected chi connectivity index (χ0v) is 29.9. The highest BCUT2D eigenvalue weighted by molar-refractivity contribution is 5.91. The van der Waals surface area contributed by atoms with Gasteiger partial charge in [-0.3, -0.25) is 9.67 Å². The Morgan fingerprint density at radius 1 is 0.745 bits per heavy atom.